The Labute approximate surface area is 276 Å². The van der Waals surface area contributed by atoms with E-state index in [1.807, 2.05) is 0 Å². The summed E-state index contributed by atoms with van der Waals surface area (Å²) in [4.78, 5) is 2.56. The van der Waals surface area contributed by atoms with Gasteiger partial charge in [0.05, 0.1) is 6.04 Å². The van der Waals surface area contributed by atoms with E-state index < -0.39 is 0 Å². The van der Waals surface area contributed by atoms with Crippen molar-refractivity contribution in [3.63, 3.8) is 0 Å². The summed E-state index contributed by atoms with van der Waals surface area (Å²) >= 11 is 0. The third kappa shape index (κ3) is 4.96. The molecule has 1 atom stereocenters. The monoisotopic (exact) mass is 601 g/mol. The van der Waals surface area contributed by atoms with E-state index >= 15 is 0 Å². The quantitative estimate of drug-likeness (QED) is 0.177. The van der Waals surface area contributed by atoms with Crippen molar-refractivity contribution < 1.29 is 0 Å². The van der Waals surface area contributed by atoms with Crippen molar-refractivity contribution in [3.05, 3.63) is 181 Å². The molecule has 1 unspecified atom stereocenters. The molecule has 47 heavy (non-hydrogen) atoms. The van der Waals surface area contributed by atoms with Gasteiger partial charge in [-0.05, 0) is 115 Å². The molecule has 0 amide bonds. The van der Waals surface area contributed by atoms with Gasteiger partial charge in [-0.15, -0.1) is 0 Å². The van der Waals surface area contributed by atoms with Crippen molar-refractivity contribution in [2.75, 3.05) is 4.90 Å². The van der Waals surface area contributed by atoms with Crippen LogP contribution in [0.1, 0.15) is 24.8 Å². The Morgan fingerprint density at radius 1 is 0.574 bits per heavy atom. The standard InChI is InChI=1S/C46H35N/c1-2-13-39(14-3-1)47(40-26-22-33(23-27-40)37-20-18-32-10-4-5-12-36(32)30-37)41-28-24-35(25-29-41)45-31-38-21-19-34-11-6-7-15-42(34)46(38)44-17-9-8-16-43(44)45/h1-2,4-13,15-28,30-31,41H,3,14,29H2. The first-order chi connectivity index (χ1) is 23.3. The van der Waals surface area contributed by atoms with Gasteiger partial charge in [0.1, 0.15) is 0 Å². The number of anilines is 1. The summed E-state index contributed by atoms with van der Waals surface area (Å²) in [5, 5.41) is 10.4. The Hall–Kier alpha value is -5.66. The summed E-state index contributed by atoms with van der Waals surface area (Å²) < 4.78 is 0. The molecule has 0 fully saturated rings. The van der Waals surface area contributed by atoms with E-state index in [1.54, 1.807) is 0 Å². The highest BCUT2D eigenvalue weighted by molar-refractivity contribution is 6.22. The zero-order chi connectivity index (χ0) is 31.2. The van der Waals surface area contributed by atoms with E-state index in [0.29, 0.717) is 0 Å². The maximum atomic E-state index is 2.56. The van der Waals surface area contributed by atoms with Crippen molar-refractivity contribution in [1.29, 1.82) is 0 Å². The Morgan fingerprint density at radius 2 is 1.28 bits per heavy atom. The van der Waals surface area contributed by atoms with Gasteiger partial charge >= 0.3 is 0 Å². The van der Waals surface area contributed by atoms with E-state index in [-0.39, 0.29) is 6.04 Å². The van der Waals surface area contributed by atoms with E-state index in [0.717, 1.165) is 19.3 Å². The molecule has 0 aromatic heterocycles. The van der Waals surface area contributed by atoms with Crippen LogP contribution in [0.2, 0.25) is 0 Å². The van der Waals surface area contributed by atoms with Gasteiger partial charge < -0.3 is 4.90 Å². The second-order valence-electron chi connectivity index (χ2n) is 12.8. The van der Waals surface area contributed by atoms with E-state index in [4.69, 9.17) is 0 Å². The first-order valence-corrected chi connectivity index (χ1v) is 16.8. The third-order valence-electron chi connectivity index (χ3n) is 10.00. The smallest absolute Gasteiger partial charge is 0.0557 e. The average Bonchev–Trinajstić information content (AvgIpc) is 3.15. The van der Waals surface area contributed by atoms with Gasteiger partial charge in [-0.2, -0.15) is 0 Å². The maximum Gasteiger partial charge on any atom is 0.0557 e. The number of nitrogens with zero attached hydrogens (tertiary/aromatic N) is 1. The number of fused-ring (bicyclic) bond motifs is 6. The fourth-order valence-corrected chi connectivity index (χ4v) is 7.66. The van der Waals surface area contributed by atoms with Crippen LogP contribution in [0.5, 0.6) is 0 Å². The fraction of sp³-hybridized carbons (Fsp3) is 0.0870. The predicted octanol–water partition coefficient (Wildman–Crippen LogP) is 12.4. The molecule has 0 N–H and O–H groups in total. The average molecular weight is 602 g/mol. The Bertz CT molecular complexity index is 2440. The molecule has 0 saturated heterocycles. The first kappa shape index (κ1) is 27.6. The molecule has 0 spiro atoms. The highest BCUT2D eigenvalue weighted by Gasteiger charge is 2.23. The van der Waals surface area contributed by atoms with Crippen molar-refractivity contribution >= 4 is 54.4 Å². The van der Waals surface area contributed by atoms with Gasteiger partial charge in [0.25, 0.3) is 0 Å². The number of hydrogen-bond donors (Lipinski definition) is 0. The lowest BCUT2D eigenvalue weighted by Gasteiger charge is -2.36. The molecular weight excluding hydrogens is 567 g/mol. The van der Waals surface area contributed by atoms with Gasteiger partial charge in [0, 0.05) is 11.4 Å². The van der Waals surface area contributed by atoms with Crippen LogP contribution in [0.25, 0.3) is 59.8 Å². The summed E-state index contributed by atoms with van der Waals surface area (Å²) in [5.41, 5.74) is 7.73. The number of hydrogen-bond acceptors (Lipinski definition) is 1. The van der Waals surface area contributed by atoms with Gasteiger partial charge in [-0.1, -0.05) is 140 Å². The molecule has 0 radical (unpaired) electrons. The number of allylic oxidation sites excluding steroid dienone is 6. The van der Waals surface area contributed by atoms with Gasteiger partial charge in [0.2, 0.25) is 0 Å². The lowest BCUT2D eigenvalue weighted by Crippen LogP contribution is -2.34. The van der Waals surface area contributed by atoms with Gasteiger partial charge in [0.15, 0.2) is 0 Å². The molecule has 2 aliphatic carbocycles. The topological polar surface area (TPSA) is 3.24 Å². The van der Waals surface area contributed by atoms with Crippen LogP contribution < -0.4 is 4.90 Å². The minimum absolute atomic E-state index is 0.249. The molecule has 0 heterocycles. The largest absolute Gasteiger partial charge is 0.338 e. The number of benzene rings is 7. The summed E-state index contributed by atoms with van der Waals surface area (Å²) in [6, 6.07) is 49.4. The highest BCUT2D eigenvalue weighted by Crippen LogP contribution is 2.39. The second-order valence-corrected chi connectivity index (χ2v) is 12.8. The SMILES string of the molecule is C1=CCCC(N(c2ccc(-c3ccc4ccccc4c3)cc2)C2C=CC(c3cc4ccc5ccccc5c4c4ccccc34)=CC2)=C1. The van der Waals surface area contributed by atoms with Crippen molar-refractivity contribution in [2.24, 2.45) is 0 Å². The highest BCUT2D eigenvalue weighted by atomic mass is 15.2. The molecule has 7 aromatic carbocycles. The molecule has 2 aliphatic rings. The lowest BCUT2D eigenvalue weighted by atomic mass is 9.88. The molecule has 9 rings (SSSR count). The maximum absolute atomic E-state index is 2.56. The first-order valence-electron chi connectivity index (χ1n) is 16.8. The predicted molar refractivity (Wildman–Crippen MR) is 203 cm³/mol. The van der Waals surface area contributed by atoms with E-state index in [2.05, 4.69) is 175 Å². The Balaban J connectivity index is 1.07. The molecule has 0 aliphatic heterocycles. The normalized spacial score (nSPS) is 16.1. The Kier molecular flexibility index (Phi) is 6.82. The molecule has 224 valence electrons. The summed E-state index contributed by atoms with van der Waals surface area (Å²) in [6.45, 7) is 0. The van der Waals surface area contributed by atoms with Crippen LogP contribution in [0.4, 0.5) is 5.69 Å². The van der Waals surface area contributed by atoms with Crippen LogP contribution in [-0.2, 0) is 0 Å². The van der Waals surface area contributed by atoms with E-state index in [9.17, 15) is 0 Å². The van der Waals surface area contributed by atoms with Crippen LogP contribution in [0.15, 0.2) is 176 Å². The molecule has 0 bridgehead atoms. The molecule has 0 saturated carbocycles. The summed E-state index contributed by atoms with van der Waals surface area (Å²) in [5.74, 6) is 0. The van der Waals surface area contributed by atoms with Crippen LogP contribution in [0, 0.1) is 0 Å². The molecule has 1 heteroatoms. The van der Waals surface area contributed by atoms with E-state index in [1.165, 1.54) is 76.7 Å². The summed E-state index contributed by atoms with van der Waals surface area (Å²) in [6.07, 6.45) is 17.1. The second kappa shape index (κ2) is 11.6. The van der Waals surface area contributed by atoms with Crippen molar-refractivity contribution in [1.82, 2.24) is 0 Å². The van der Waals surface area contributed by atoms with Crippen molar-refractivity contribution in [3.8, 4) is 11.1 Å². The minimum Gasteiger partial charge on any atom is -0.338 e. The van der Waals surface area contributed by atoms with Crippen LogP contribution in [0.3, 0.4) is 0 Å². The summed E-state index contributed by atoms with van der Waals surface area (Å²) in [7, 11) is 0. The molecule has 1 nitrogen and oxygen atoms in total. The van der Waals surface area contributed by atoms with Crippen molar-refractivity contribution in [2.45, 2.75) is 25.3 Å². The van der Waals surface area contributed by atoms with Gasteiger partial charge in [-0.3, -0.25) is 0 Å². The van der Waals surface area contributed by atoms with Crippen LogP contribution >= 0.6 is 0 Å². The zero-order valence-electron chi connectivity index (χ0n) is 26.3. The van der Waals surface area contributed by atoms with Crippen LogP contribution in [-0.4, -0.2) is 6.04 Å². The molecule has 7 aromatic rings. The Morgan fingerprint density at radius 3 is 2.06 bits per heavy atom. The fourth-order valence-electron chi connectivity index (χ4n) is 7.66. The minimum atomic E-state index is 0.249. The zero-order valence-corrected chi connectivity index (χ0v) is 26.3. The molecular formula is C46H35N. The third-order valence-corrected chi connectivity index (χ3v) is 10.00. The lowest BCUT2D eigenvalue weighted by molar-refractivity contribution is 0.722. The van der Waals surface area contributed by atoms with Gasteiger partial charge in [-0.25, -0.2) is 0 Å². The number of rotatable bonds is 5.